The SMILES string of the molecule is C=C(C)C(=O)[C@@H](N)CC(C)C.CC(C)C[C@@H](N)C(=O)[C@@]1(C)CO1.CC(C)C[C@@H](N)C(=O)[C@]1(C)CO1.CC(C)C[C@H](N)C(=O)[C@]1(C)CO1.CCC(C)[C@H](N)C(=O)[C@@]1(C)CO1.CC[C@@](C)(O)C(=O)[C@@H](N)CC(C)C. The minimum absolute atomic E-state index is 0.0151. The van der Waals surface area contributed by atoms with Crippen LogP contribution in [0.5, 0.6) is 0 Å². The van der Waals surface area contributed by atoms with Gasteiger partial charge >= 0.3 is 0 Å². The third kappa shape index (κ3) is 27.2. The zero-order chi connectivity index (χ0) is 57.1. The number of aliphatic hydroxyl groups is 1. The van der Waals surface area contributed by atoms with Gasteiger partial charge in [0.2, 0.25) is 0 Å². The van der Waals surface area contributed by atoms with Gasteiger partial charge in [-0.1, -0.05) is 103 Å². The van der Waals surface area contributed by atoms with E-state index in [2.05, 4.69) is 48.1 Å². The predicted molar refractivity (Wildman–Crippen MR) is 288 cm³/mol. The molecule has 4 aliphatic rings. The second-order valence-corrected chi connectivity index (χ2v) is 23.8. The molecule has 0 aliphatic carbocycles. The number of nitrogens with two attached hydrogens (primary N) is 6. The van der Waals surface area contributed by atoms with E-state index in [9.17, 15) is 33.9 Å². The molecule has 12 atom stereocenters. The lowest BCUT2D eigenvalue weighted by Crippen LogP contribution is -2.46. The van der Waals surface area contributed by atoms with E-state index in [1.807, 2.05) is 41.5 Å². The van der Waals surface area contributed by atoms with E-state index in [-0.39, 0.29) is 70.8 Å². The Hall–Kier alpha value is -2.68. The number of ketones is 6. The summed E-state index contributed by atoms with van der Waals surface area (Å²) in [7, 11) is 0. The van der Waals surface area contributed by atoms with Gasteiger partial charge in [-0.05, 0) is 121 Å². The zero-order valence-electron chi connectivity index (χ0n) is 48.4. The molecular weight excluding hydrogens is 921 g/mol. The van der Waals surface area contributed by atoms with E-state index in [1.54, 1.807) is 41.5 Å². The van der Waals surface area contributed by atoms with E-state index >= 15 is 0 Å². The molecule has 17 nitrogen and oxygen atoms in total. The minimum Gasteiger partial charge on any atom is -0.382 e. The first-order chi connectivity index (χ1) is 32.6. The normalized spacial score (nSPS) is 26.0. The molecule has 4 aliphatic heterocycles. The smallest absolute Gasteiger partial charge is 0.183 e. The van der Waals surface area contributed by atoms with Gasteiger partial charge < -0.3 is 58.5 Å². The third-order valence-corrected chi connectivity index (χ3v) is 12.9. The van der Waals surface area contributed by atoms with Crippen LogP contribution in [0.4, 0.5) is 0 Å². The Morgan fingerprint density at radius 3 is 0.944 bits per heavy atom. The van der Waals surface area contributed by atoms with Crippen molar-refractivity contribution < 1.29 is 52.8 Å². The van der Waals surface area contributed by atoms with Crippen molar-refractivity contribution in [2.45, 2.75) is 241 Å². The maximum absolute atomic E-state index is 11.6. The van der Waals surface area contributed by atoms with Crippen molar-refractivity contribution in [2.75, 3.05) is 26.4 Å². The lowest BCUT2D eigenvalue weighted by atomic mass is 9.89. The quantitative estimate of drug-likeness (QED) is 0.0440. The molecule has 0 aromatic heterocycles. The Morgan fingerprint density at radius 2 is 0.736 bits per heavy atom. The Balaban J connectivity index is 0. The van der Waals surface area contributed by atoms with Crippen molar-refractivity contribution >= 4 is 34.7 Å². The van der Waals surface area contributed by atoms with Crippen LogP contribution in [0.15, 0.2) is 12.2 Å². The number of Topliss-reactive ketones (excluding diaryl/α,β-unsaturated/α-hetero) is 6. The maximum Gasteiger partial charge on any atom is 0.183 e. The first-order valence-electron chi connectivity index (χ1n) is 26.4. The number of hydrogen-bond acceptors (Lipinski definition) is 17. The van der Waals surface area contributed by atoms with Crippen molar-refractivity contribution in [3.63, 3.8) is 0 Å². The van der Waals surface area contributed by atoms with Crippen LogP contribution in [0.1, 0.15) is 176 Å². The van der Waals surface area contributed by atoms with Crippen molar-refractivity contribution in [3.8, 4) is 0 Å². The first kappa shape index (κ1) is 71.4. The van der Waals surface area contributed by atoms with Crippen molar-refractivity contribution in [1.82, 2.24) is 0 Å². The molecule has 0 aromatic rings. The monoisotopic (exact) mass is 1030 g/mol. The molecule has 0 saturated carbocycles. The number of carbonyl (C=O) groups excluding carboxylic acids is 6. The third-order valence-electron chi connectivity index (χ3n) is 12.9. The summed E-state index contributed by atoms with van der Waals surface area (Å²) >= 11 is 0. The Bertz CT molecular complexity index is 1610. The van der Waals surface area contributed by atoms with E-state index in [1.165, 1.54) is 6.92 Å². The maximum atomic E-state index is 11.6. The van der Waals surface area contributed by atoms with Gasteiger partial charge in [0.1, 0.15) is 28.0 Å². The van der Waals surface area contributed by atoms with Crippen molar-refractivity contribution in [2.24, 2.45) is 69.9 Å². The highest BCUT2D eigenvalue weighted by Gasteiger charge is 2.51. The van der Waals surface area contributed by atoms with Crippen LogP contribution in [-0.2, 0) is 47.7 Å². The number of hydrogen-bond donors (Lipinski definition) is 7. The average Bonchev–Trinajstić information content (AvgIpc) is 4.09. The highest BCUT2D eigenvalue weighted by atomic mass is 16.6. The van der Waals surface area contributed by atoms with Crippen LogP contribution in [0, 0.1) is 35.5 Å². The molecule has 4 heterocycles. The van der Waals surface area contributed by atoms with Gasteiger partial charge in [0.15, 0.2) is 34.7 Å². The number of ether oxygens (including phenoxy) is 4. The fourth-order valence-electron chi connectivity index (χ4n) is 7.01. The minimum atomic E-state index is -1.26. The van der Waals surface area contributed by atoms with Gasteiger partial charge in [0, 0.05) is 0 Å². The molecule has 4 fully saturated rings. The Morgan fingerprint density at radius 1 is 0.500 bits per heavy atom. The Labute approximate surface area is 435 Å². The van der Waals surface area contributed by atoms with E-state index < -0.39 is 34.0 Å². The molecule has 4 rings (SSSR count). The number of rotatable bonds is 25. The van der Waals surface area contributed by atoms with Gasteiger partial charge in [-0.3, -0.25) is 28.8 Å². The van der Waals surface area contributed by atoms with Crippen LogP contribution < -0.4 is 34.4 Å². The summed E-state index contributed by atoms with van der Waals surface area (Å²) in [5, 5.41) is 9.65. The molecular formula is C55H106N6O11. The summed E-state index contributed by atoms with van der Waals surface area (Å²) in [5.41, 5.74) is 31.3. The largest absolute Gasteiger partial charge is 0.382 e. The molecule has 1 unspecified atom stereocenters. The lowest BCUT2D eigenvalue weighted by molar-refractivity contribution is -0.137. The predicted octanol–water partition coefficient (Wildman–Crippen LogP) is 5.47. The molecule has 0 aromatic carbocycles. The van der Waals surface area contributed by atoms with Gasteiger partial charge in [0.25, 0.3) is 0 Å². The summed E-state index contributed by atoms with van der Waals surface area (Å²) in [4.78, 5) is 68.8. The fourth-order valence-corrected chi connectivity index (χ4v) is 7.01. The molecule has 13 N–H and O–H groups in total. The van der Waals surface area contributed by atoms with Gasteiger partial charge in [0.05, 0.1) is 62.7 Å². The van der Waals surface area contributed by atoms with E-state index in [0.29, 0.717) is 74.4 Å². The van der Waals surface area contributed by atoms with Crippen molar-refractivity contribution in [3.05, 3.63) is 12.2 Å². The van der Waals surface area contributed by atoms with Crippen LogP contribution in [-0.4, -0.2) is 130 Å². The fraction of sp³-hybridized carbons (Fsp3) is 0.855. The molecule has 72 heavy (non-hydrogen) atoms. The summed E-state index contributed by atoms with van der Waals surface area (Å²) in [6.07, 6.45) is 4.97. The van der Waals surface area contributed by atoms with Gasteiger partial charge in [-0.2, -0.15) is 0 Å². The summed E-state index contributed by atoms with van der Waals surface area (Å²) in [6, 6.07) is -2.29. The zero-order valence-corrected chi connectivity index (χ0v) is 48.4. The van der Waals surface area contributed by atoms with Crippen LogP contribution in [0.25, 0.3) is 0 Å². The highest BCUT2D eigenvalue weighted by Crippen LogP contribution is 2.31. The second kappa shape index (κ2) is 31.4. The average molecular weight is 1030 g/mol. The molecule has 0 amide bonds. The summed E-state index contributed by atoms with van der Waals surface area (Å²) in [6.45, 7) is 42.4. The summed E-state index contributed by atoms with van der Waals surface area (Å²) in [5.74, 6) is 2.44. The second-order valence-electron chi connectivity index (χ2n) is 23.8. The van der Waals surface area contributed by atoms with E-state index in [0.717, 1.165) is 32.1 Å². The molecule has 4 saturated heterocycles. The molecule has 422 valence electrons. The number of carbonyl (C=O) groups is 6. The topological polar surface area (TPSA) is 329 Å². The van der Waals surface area contributed by atoms with Crippen molar-refractivity contribution in [1.29, 1.82) is 0 Å². The van der Waals surface area contributed by atoms with E-state index in [4.69, 9.17) is 53.3 Å². The molecule has 17 heteroatoms. The summed E-state index contributed by atoms with van der Waals surface area (Å²) < 4.78 is 20.1. The standard InChI is InChI=1S/C10H21NO2.4C9H17NO2.C9H17NO/c1-5-10(4,13)9(12)8(11)6-7(2)3;3*1-6(2)4-7(10)8(11)9(3)5-12-9;1-4-6(2)7(10)8(11)9(3)5-12-9;1-6(2)5-8(10)9(11)7(3)4/h7-8,13H,5-6,11H2,1-4H3;4*6-7H,4-5,10H2,1-3H3;6,8H,3,5,10H2,1-2,4H3/t8-,10+;7-,9+;2*7-,9-;6?,7-,9+;8-/m011000/s1. The molecule has 0 radical (unpaired) electrons. The van der Waals surface area contributed by atoms with Gasteiger partial charge in [-0.15, -0.1) is 0 Å². The Kier molecular flexibility index (Phi) is 31.1. The number of epoxide rings is 4. The van der Waals surface area contributed by atoms with Gasteiger partial charge in [-0.25, -0.2) is 0 Å². The van der Waals surface area contributed by atoms with Crippen LogP contribution >= 0.6 is 0 Å². The lowest BCUT2D eigenvalue weighted by Gasteiger charge is -2.24. The van der Waals surface area contributed by atoms with Crippen LogP contribution in [0.2, 0.25) is 0 Å². The highest BCUT2D eigenvalue weighted by molar-refractivity contribution is 5.98. The molecule has 0 spiro atoms. The van der Waals surface area contributed by atoms with Crippen LogP contribution in [0.3, 0.4) is 0 Å². The molecule has 0 bridgehead atoms. The first-order valence-corrected chi connectivity index (χ1v) is 26.4.